The standard InChI is InChI=1S/C19H20N2O6/c1-24-14-8-17(26-3)16(25-2)7-12(14)9-20-19(23)11-4-5-13-15(6-11)27-10-18(22)21-13/h4-8H,9-10H2,1-3H3,(H,20,23)(H,21,22). The van der Waals surface area contributed by atoms with Crippen LogP contribution in [-0.4, -0.2) is 39.8 Å². The highest BCUT2D eigenvalue weighted by Gasteiger charge is 2.18. The normalized spacial score (nSPS) is 12.3. The summed E-state index contributed by atoms with van der Waals surface area (Å²) in [7, 11) is 4.62. The minimum Gasteiger partial charge on any atom is -0.496 e. The van der Waals surface area contributed by atoms with Crippen molar-refractivity contribution < 1.29 is 28.5 Å². The molecule has 0 saturated carbocycles. The molecule has 8 nitrogen and oxygen atoms in total. The van der Waals surface area contributed by atoms with Crippen molar-refractivity contribution in [3.05, 3.63) is 41.5 Å². The lowest BCUT2D eigenvalue weighted by molar-refractivity contribution is -0.118. The van der Waals surface area contributed by atoms with Crippen molar-refractivity contribution >= 4 is 17.5 Å². The maximum absolute atomic E-state index is 12.5. The number of fused-ring (bicyclic) bond motifs is 1. The predicted molar refractivity (Wildman–Crippen MR) is 97.8 cm³/mol. The van der Waals surface area contributed by atoms with Gasteiger partial charge in [-0.3, -0.25) is 9.59 Å². The Bertz CT molecular complexity index is 881. The van der Waals surface area contributed by atoms with Crippen LogP contribution in [0.15, 0.2) is 30.3 Å². The van der Waals surface area contributed by atoms with Gasteiger partial charge in [-0.05, 0) is 24.3 Å². The van der Waals surface area contributed by atoms with Gasteiger partial charge in [-0.1, -0.05) is 0 Å². The Kier molecular flexibility index (Phi) is 5.35. The molecule has 3 rings (SSSR count). The van der Waals surface area contributed by atoms with Crippen LogP contribution < -0.4 is 29.6 Å². The van der Waals surface area contributed by atoms with E-state index in [-0.39, 0.29) is 25.0 Å². The van der Waals surface area contributed by atoms with Gasteiger partial charge in [0.05, 0.1) is 27.0 Å². The maximum Gasteiger partial charge on any atom is 0.262 e. The Morgan fingerprint density at radius 3 is 2.48 bits per heavy atom. The Balaban J connectivity index is 1.75. The quantitative estimate of drug-likeness (QED) is 0.805. The fourth-order valence-electron chi connectivity index (χ4n) is 2.72. The first kappa shape index (κ1) is 18.4. The molecule has 8 heteroatoms. The molecule has 0 radical (unpaired) electrons. The van der Waals surface area contributed by atoms with Crippen molar-refractivity contribution in [1.29, 1.82) is 0 Å². The smallest absolute Gasteiger partial charge is 0.262 e. The monoisotopic (exact) mass is 372 g/mol. The molecule has 1 aliphatic heterocycles. The molecule has 2 aromatic rings. The third-order valence-electron chi connectivity index (χ3n) is 4.10. The molecule has 1 heterocycles. The van der Waals surface area contributed by atoms with Crippen molar-refractivity contribution in [2.24, 2.45) is 0 Å². The van der Waals surface area contributed by atoms with Crippen molar-refractivity contribution in [2.45, 2.75) is 6.54 Å². The van der Waals surface area contributed by atoms with Gasteiger partial charge in [0.25, 0.3) is 11.8 Å². The lowest BCUT2D eigenvalue weighted by Crippen LogP contribution is -2.26. The SMILES string of the molecule is COc1cc(OC)c(OC)cc1CNC(=O)c1ccc2c(c1)OCC(=O)N2. The Hall–Kier alpha value is -3.42. The average molecular weight is 372 g/mol. The van der Waals surface area contributed by atoms with Gasteiger partial charge >= 0.3 is 0 Å². The molecule has 0 atom stereocenters. The fraction of sp³-hybridized carbons (Fsp3) is 0.263. The van der Waals surface area contributed by atoms with Crippen LogP contribution in [0.5, 0.6) is 23.0 Å². The molecule has 0 unspecified atom stereocenters. The molecule has 0 aromatic heterocycles. The average Bonchev–Trinajstić information content (AvgIpc) is 2.70. The van der Waals surface area contributed by atoms with Gasteiger partial charge in [0.1, 0.15) is 11.5 Å². The van der Waals surface area contributed by atoms with Crippen LogP contribution in [0.2, 0.25) is 0 Å². The van der Waals surface area contributed by atoms with E-state index in [2.05, 4.69) is 10.6 Å². The number of carbonyl (C=O) groups is 2. The van der Waals surface area contributed by atoms with E-state index in [1.54, 1.807) is 51.7 Å². The van der Waals surface area contributed by atoms with Crippen molar-refractivity contribution in [2.75, 3.05) is 33.3 Å². The second-order valence-corrected chi connectivity index (χ2v) is 5.75. The summed E-state index contributed by atoms with van der Waals surface area (Å²) < 4.78 is 21.2. The number of methoxy groups -OCH3 is 3. The summed E-state index contributed by atoms with van der Waals surface area (Å²) in [6.07, 6.45) is 0. The van der Waals surface area contributed by atoms with Crippen molar-refractivity contribution in [1.82, 2.24) is 5.32 Å². The molecule has 0 bridgehead atoms. The second kappa shape index (κ2) is 7.86. The molecule has 0 spiro atoms. The van der Waals surface area contributed by atoms with E-state index in [0.717, 1.165) is 5.56 Å². The summed E-state index contributed by atoms with van der Waals surface area (Å²) in [5, 5.41) is 5.52. The predicted octanol–water partition coefficient (Wildman–Crippen LogP) is 1.97. The van der Waals surface area contributed by atoms with E-state index in [9.17, 15) is 9.59 Å². The van der Waals surface area contributed by atoms with Crippen LogP contribution in [-0.2, 0) is 11.3 Å². The molecule has 2 amide bonds. The number of hydrogen-bond donors (Lipinski definition) is 2. The van der Waals surface area contributed by atoms with Crippen LogP contribution in [0, 0.1) is 0 Å². The highest BCUT2D eigenvalue weighted by Crippen LogP contribution is 2.34. The first-order valence-corrected chi connectivity index (χ1v) is 8.19. The fourth-order valence-corrected chi connectivity index (χ4v) is 2.72. The summed E-state index contributed by atoms with van der Waals surface area (Å²) in [6.45, 7) is 0.165. The van der Waals surface area contributed by atoms with Crippen molar-refractivity contribution in [3.63, 3.8) is 0 Å². The topological polar surface area (TPSA) is 95.1 Å². The lowest BCUT2D eigenvalue weighted by atomic mass is 10.1. The summed E-state index contributed by atoms with van der Waals surface area (Å²) in [5.41, 5.74) is 1.71. The van der Waals surface area contributed by atoms with Gasteiger partial charge in [0.15, 0.2) is 18.1 Å². The van der Waals surface area contributed by atoms with E-state index in [4.69, 9.17) is 18.9 Å². The lowest BCUT2D eigenvalue weighted by Gasteiger charge is -2.18. The zero-order chi connectivity index (χ0) is 19.4. The van der Waals surface area contributed by atoms with Crippen LogP contribution in [0.1, 0.15) is 15.9 Å². The van der Waals surface area contributed by atoms with Gasteiger partial charge in [0, 0.05) is 23.7 Å². The first-order valence-electron chi connectivity index (χ1n) is 8.19. The molecule has 142 valence electrons. The molecule has 0 aliphatic carbocycles. The van der Waals surface area contributed by atoms with E-state index in [1.807, 2.05) is 0 Å². The second-order valence-electron chi connectivity index (χ2n) is 5.75. The van der Waals surface area contributed by atoms with Crippen molar-refractivity contribution in [3.8, 4) is 23.0 Å². The maximum atomic E-state index is 12.5. The molecular formula is C19H20N2O6. The molecule has 27 heavy (non-hydrogen) atoms. The summed E-state index contributed by atoms with van der Waals surface area (Å²) in [5.74, 6) is 1.62. The molecular weight excluding hydrogens is 352 g/mol. The highest BCUT2D eigenvalue weighted by molar-refractivity contribution is 5.99. The number of anilines is 1. The van der Waals surface area contributed by atoms with Gasteiger partial charge in [0.2, 0.25) is 0 Å². The number of amides is 2. The minimum absolute atomic E-state index is 0.0685. The third-order valence-corrected chi connectivity index (χ3v) is 4.10. The summed E-state index contributed by atoms with van der Waals surface area (Å²) in [6, 6.07) is 8.31. The van der Waals surface area contributed by atoms with E-state index < -0.39 is 0 Å². The van der Waals surface area contributed by atoms with Crippen LogP contribution in [0.25, 0.3) is 0 Å². The largest absolute Gasteiger partial charge is 0.496 e. The number of benzene rings is 2. The minimum atomic E-state index is -0.282. The first-order chi connectivity index (χ1) is 13.0. The third kappa shape index (κ3) is 3.89. The number of nitrogens with one attached hydrogen (secondary N) is 2. The van der Waals surface area contributed by atoms with E-state index >= 15 is 0 Å². The van der Waals surface area contributed by atoms with E-state index in [0.29, 0.717) is 34.2 Å². The highest BCUT2D eigenvalue weighted by atomic mass is 16.5. The zero-order valence-corrected chi connectivity index (χ0v) is 15.3. The van der Waals surface area contributed by atoms with Gasteiger partial charge in [-0.2, -0.15) is 0 Å². The number of carbonyl (C=O) groups excluding carboxylic acids is 2. The molecule has 0 saturated heterocycles. The Labute approximate surface area is 156 Å². The van der Waals surface area contributed by atoms with Crippen LogP contribution in [0.4, 0.5) is 5.69 Å². The van der Waals surface area contributed by atoms with E-state index in [1.165, 1.54) is 0 Å². The molecule has 0 fully saturated rings. The van der Waals surface area contributed by atoms with Gasteiger partial charge < -0.3 is 29.6 Å². The summed E-state index contributed by atoms with van der Waals surface area (Å²) >= 11 is 0. The molecule has 2 aromatic carbocycles. The molecule has 1 aliphatic rings. The van der Waals surface area contributed by atoms with Crippen LogP contribution >= 0.6 is 0 Å². The van der Waals surface area contributed by atoms with Crippen LogP contribution in [0.3, 0.4) is 0 Å². The van der Waals surface area contributed by atoms with Gasteiger partial charge in [-0.25, -0.2) is 0 Å². The number of rotatable bonds is 6. The zero-order valence-electron chi connectivity index (χ0n) is 15.3. The van der Waals surface area contributed by atoms with Gasteiger partial charge in [-0.15, -0.1) is 0 Å². The summed E-state index contributed by atoms with van der Waals surface area (Å²) in [4.78, 5) is 23.8. The number of hydrogen-bond acceptors (Lipinski definition) is 6. The Morgan fingerprint density at radius 1 is 1.07 bits per heavy atom. The molecule has 2 N–H and O–H groups in total. The Morgan fingerprint density at radius 2 is 1.78 bits per heavy atom. The number of ether oxygens (including phenoxy) is 4.